The Kier molecular flexibility index (Phi) is 6.48. The van der Waals surface area contributed by atoms with Gasteiger partial charge in [0.1, 0.15) is 0 Å². The second-order valence-corrected chi connectivity index (χ2v) is 5.79. The highest BCUT2D eigenvalue weighted by Crippen LogP contribution is 2.23. The van der Waals surface area contributed by atoms with E-state index in [0.29, 0.717) is 0 Å². The summed E-state index contributed by atoms with van der Waals surface area (Å²) in [7, 11) is 0. The fourth-order valence-corrected chi connectivity index (χ4v) is 3.03. The van der Waals surface area contributed by atoms with Crippen LogP contribution in [-0.4, -0.2) is 5.75 Å². The Balaban J connectivity index is 1.85. The topological polar surface area (TPSA) is 24.1 Å². The number of para-hydroxylation sites is 1. The number of benzene rings is 2. The Morgan fingerprint density at radius 2 is 1.70 bits per heavy atom. The first-order chi connectivity index (χ1) is 9.90. The Labute approximate surface area is 126 Å². The fourth-order valence-electron chi connectivity index (χ4n) is 1.88. The summed E-state index contributed by atoms with van der Waals surface area (Å²) in [6.07, 6.45) is 2.53. The van der Waals surface area contributed by atoms with Gasteiger partial charge in [0.2, 0.25) is 0 Å². The van der Waals surface area contributed by atoms with Crippen LogP contribution in [-0.2, 0) is 6.54 Å². The van der Waals surface area contributed by atoms with E-state index < -0.39 is 0 Å². The van der Waals surface area contributed by atoms with E-state index in [9.17, 15) is 0 Å². The molecule has 2 aromatic carbocycles. The molecule has 0 aliphatic carbocycles. The van der Waals surface area contributed by atoms with Crippen LogP contribution in [0.25, 0.3) is 0 Å². The zero-order valence-corrected chi connectivity index (χ0v) is 12.7. The van der Waals surface area contributed by atoms with Crippen molar-refractivity contribution >= 4 is 17.4 Å². The van der Waals surface area contributed by atoms with E-state index in [-0.39, 0.29) is 0 Å². The number of hydrogen-bond donors (Lipinski definition) is 2. The zero-order valence-electron chi connectivity index (χ0n) is 11.9. The molecule has 2 rings (SSSR count). The molecule has 0 fully saturated rings. The van der Waals surface area contributed by atoms with Gasteiger partial charge in [0, 0.05) is 17.1 Å². The molecule has 0 aliphatic rings. The van der Waals surface area contributed by atoms with E-state index >= 15 is 0 Å². The van der Waals surface area contributed by atoms with Gasteiger partial charge >= 0.3 is 0 Å². The molecule has 0 saturated carbocycles. The van der Waals surface area contributed by atoms with E-state index in [1.807, 2.05) is 30.0 Å². The number of hydrazine groups is 1. The van der Waals surface area contributed by atoms with Crippen molar-refractivity contribution in [3.05, 3.63) is 60.2 Å². The zero-order chi connectivity index (χ0) is 14.0. The first-order valence-corrected chi connectivity index (χ1v) is 8.13. The molecule has 0 amide bonds. The number of rotatable bonds is 8. The van der Waals surface area contributed by atoms with Gasteiger partial charge in [0.25, 0.3) is 0 Å². The van der Waals surface area contributed by atoms with Crippen molar-refractivity contribution in [1.82, 2.24) is 5.43 Å². The predicted octanol–water partition coefficient (Wildman–Crippen LogP) is 4.70. The first kappa shape index (κ1) is 14.9. The number of anilines is 1. The van der Waals surface area contributed by atoms with Gasteiger partial charge in [-0.3, -0.25) is 0 Å². The Morgan fingerprint density at radius 3 is 2.50 bits per heavy atom. The number of thioether (sulfide) groups is 1. The molecule has 0 radical (unpaired) electrons. The summed E-state index contributed by atoms with van der Waals surface area (Å²) in [5.74, 6) is 1.19. The van der Waals surface area contributed by atoms with Crippen LogP contribution in [0.1, 0.15) is 25.3 Å². The fraction of sp³-hybridized carbons (Fsp3) is 0.294. The Bertz CT molecular complexity index is 499. The highest BCUT2D eigenvalue weighted by atomic mass is 32.2. The lowest BCUT2D eigenvalue weighted by atomic mass is 10.2. The minimum Gasteiger partial charge on any atom is -0.321 e. The molecule has 20 heavy (non-hydrogen) atoms. The van der Waals surface area contributed by atoms with Gasteiger partial charge in [-0.25, -0.2) is 5.43 Å². The molecule has 0 aromatic heterocycles. The van der Waals surface area contributed by atoms with Crippen LogP contribution in [0.2, 0.25) is 0 Å². The lowest BCUT2D eigenvalue weighted by molar-refractivity contribution is 0.788. The molecule has 0 bridgehead atoms. The maximum absolute atomic E-state index is 3.29. The Morgan fingerprint density at radius 1 is 0.950 bits per heavy atom. The number of unbranched alkanes of at least 4 members (excludes halogenated alkanes) is 1. The van der Waals surface area contributed by atoms with Crippen LogP contribution in [0, 0.1) is 0 Å². The number of nitrogens with one attached hydrogen (secondary N) is 2. The monoisotopic (exact) mass is 286 g/mol. The maximum Gasteiger partial charge on any atom is 0.0487 e. The van der Waals surface area contributed by atoms with Gasteiger partial charge < -0.3 is 5.43 Å². The van der Waals surface area contributed by atoms with Gasteiger partial charge in [-0.05, 0) is 35.9 Å². The summed E-state index contributed by atoms with van der Waals surface area (Å²) >= 11 is 1.95. The summed E-state index contributed by atoms with van der Waals surface area (Å²) in [4.78, 5) is 1.38. The van der Waals surface area contributed by atoms with E-state index in [2.05, 4.69) is 54.2 Å². The van der Waals surface area contributed by atoms with Crippen molar-refractivity contribution in [3.8, 4) is 0 Å². The summed E-state index contributed by atoms with van der Waals surface area (Å²) in [6, 6.07) is 18.8. The largest absolute Gasteiger partial charge is 0.321 e. The second kappa shape index (κ2) is 8.67. The molecule has 106 valence electrons. The molecule has 0 heterocycles. The van der Waals surface area contributed by atoms with Gasteiger partial charge in [-0.15, -0.1) is 11.8 Å². The molecule has 3 heteroatoms. The molecular weight excluding hydrogens is 264 g/mol. The van der Waals surface area contributed by atoms with Crippen molar-refractivity contribution in [1.29, 1.82) is 0 Å². The maximum atomic E-state index is 3.29. The van der Waals surface area contributed by atoms with E-state index in [1.165, 1.54) is 29.1 Å². The van der Waals surface area contributed by atoms with E-state index in [4.69, 9.17) is 0 Å². The molecular formula is C17H22N2S. The van der Waals surface area contributed by atoms with Crippen LogP contribution >= 0.6 is 11.8 Å². The molecule has 2 aromatic rings. The van der Waals surface area contributed by atoms with Gasteiger partial charge in [0.15, 0.2) is 0 Å². The molecule has 0 saturated heterocycles. The summed E-state index contributed by atoms with van der Waals surface area (Å²) in [5.41, 5.74) is 8.94. The SMILES string of the molecule is CCCCSc1ccccc1CNNc1ccccc1. The first-order valence-electron chi connectivity index (χ1n) is 7.15. The van der Waals surface area contributed by atoms with Crippen LogP contribution < -0.4 is 10.9 Å². The van der Waals surface area contributed by atoms with Crippen LogP contribution in [0.15, 0.2) is 59.5 Å². The van der Waals surface area contributed by atoms with Crippen LogP contribution in [0.3, 0.4) is 0 Å². The lowest BCUT2D eigenvalue weighted by Crippen LogP contribution is -2.21. The average molecular weight is 286 g/mol. The normalized spacial score (nSPS) is 10.4. The van der Waals surface area contributed by atoms with Gasteiger partial charge in [-0.1, -0.05) is 49.7 Å². The van der Waals surface area contributed by atoms with Crippen molar-refractivity contribution < 1.29 is 0 Å². The average Bonchev–Trinajstić information content (AvgIpc) is 2.50. The minimum absolute atomic E-state index is 0.824. The van der Waals surface area contributed by atoms with Crippen molar-refractivity contribution in [2.24, 2.45) is 0 Å². The van der Waals surface area contributed by atoms with Gasteiger partial charge in [0.05, 0.1) is 0 Å². The molecule has 0 aliphatic heterocycles. The van der Waals surface area contributed by atoms with Crippen molar-refractivity contribution in [2.75, 3.05) is 11.2 Å². The van der Waals surface area contributed by atoms with E-state index in [0.717, 1.165) is 12.2 Å². The smallest absolute Gasteiger partial charge is 0.0487 e. The molecule has 0 spiro atoms. The predicted molar refractivity (Wildman–Crippen MR) is 89.0 cm³/mol. The molecule has 0 atom stereocenters. The highest BCUT2D eigenvalue weighted by molar-refractivity contribution is 7.99. The third-order valence-electron chi connectivity index (χ3n) is 3.01. The third-order valence-corrected chi connectivity index (χ3v) is 4.22. The Hall–Kier alpha value is -1.45. The lowest BCUT2D eigenvalue weighted by Gasteiger charge is -2.11. The van der Waals surface area contributed by atoms with E-state index in [1.54, 1.807) is 0 Å². The summed E-state index contributed by atoms with van der Waals surface area (Å²) in [6.45, 7) is 3.06. The highest BCUT2D eigenvalue weighted by Gasteiger charge is 2.01. The quantitative estimate of drug-likeness (QED) is 0.418. The molecule has 2 nitrogen and oxygen atoms in total. The molecule has 2 N–H and O–H groups in total. The standard InChI is InChI=1S/C17H22N2S/c1-2-3-13-20-17-12-8-7-9-15(17)14-18-19-16-10-5-4-6-11-16/h4-12,18-19H,2-3,13-14H2,1H3. The summed E-state index contributed by atoms with van der Waals surface area (Å²) in [5, 5.41) is 0. The third kappa shape index (κ3) is 4.91. The summed E-state index contributed by atoms with van der Waals surface area (Å²) < 4.78 is 0. The van der Waals surface area contributed by atoms with Gasteiger partial charge in [-0.2, -0.15) is 0 Å². The second-order valence-electron chi connectivity index (χ2n) is 4.65. The van der Waals surface area contributed by atoms with Crippen molar-refractivity contribution in [2.45, 2.75) is 31.2 Å². The van der Waals surface area contributed by atoms with Crippen molar-refractivity contribution in [3.63, 3.8) is 0 Å². The number of hydrogen-bond acceptors (Lipinski definition) is 3. The van der Waals surface area contributed by atoms with Crippen LogP contribution in [0.4, 0.5) is 5.69 Å². The molecule has 0 unspecified atom stereocenters. The van der Waals surface area contributed by atoms with Crippen LogP contribution in [0.5, 0.6) is 0 Å². The minimum atomic E-state index is 0.824.